The molecule has 0 saturated heterocycles. The summed E-state index contributed by atoms with van der Waals surface area (Å²) >= 11 is 7.98. The van der Waals surface area contributed by atoms with E-state index in [1.165, 1.54) is 16.0 Å². The summed E-state index contributed by atoms with van der Waals surface area (Å²) in [7, 11) is 1.97. The fourth-order valence-electron chi connectivity index (χ4n) is 1.44. The zero-order chi connectivity index (χ0) is 11.4. The minimum absolute atomic E-state index is 0.309. The maximum Gasteiger partial charge on any atom is 0.0590 e. The first-order valence-electron chi connectivity index (χ1n) is 5.17. The summed E-state index contributed by atoms with van der Waals surface area (Å²) in [6, 6.07) is 0.309. The molecule has 0 fully saturated rings. The van der Waals surface area contributed by atoms with Crippen molar-refractivity contribution in [3.8, 4) is 0 Å². The molecule has 1 aromatic heterocycles. The van der Waals surface area contributed by atoms with Crippen LogP contribution in [-0.4, -0.2) is 7.05 Å². The quantitative estimate of drug-likeness (QED) is 0.760. The molecule has 0 bridgehead atoms. The molecule has 0 radical (unpaired) electrons. The molecule has 0 aliphatic heterocycles. The minimum Gasteiger partial charge on any atom is -0.312 e. The summed E-state index contributed by atoms with van der Waals surface area (Å²) in [6.07, 6.45) is 1.99. The van der Waals surface area contributed by atoms with Crippen molar-refractivity contribution < 1.29 is 0 Å². The Balaban J connectivity index is 2.83. The summed E-state index contributed by atoms with van der Waals surface area (Å²) in [6.45, 7) is 8.23. The van der Waals surface area contributed by atoms with Gasteiger partial charge in [0.2, 0.25) is 0 Å². The maximum atomic E-state index is 6.25. The highest BCUT2D eigenvalue weighted by atomic mass is 35.5. The number of hydrogen-bond acceptors (Lipinski definition) is 2. The van der Waals surface area contributed by atoms with Gasteiger partial charge in [-0.2, -0.15) is 0 Å². The van der Waals surface area contributed by atoms with Crippen molar-refractivity contribution in [2.45, 2.75) is 32.7 Å². The second kappa shape index (κ2) is 5.69. The zero-order valence-electron chi connectivity index (χ0n) is 9.56. The Hall–Kier alpha value is -0.310. The minimum atomic E-state index is 0.309. The Morgan fingerprint density at radius 1 is 1.67 bits per heavy atom. The molecule has 1 atom stereocenters. The van der Waals surface area contributed by atoms with Gasteiger partial charge in [0.05, 0.1) is 5.02 Å². The van der Waals surface area contributed by atoms with E-state index in [0.717, 1.165) is 17.9 Å². The fraction of sp³-hybridized carbons (Fsp3) is 0.500. The second-order valence-electron chi connectivity index (χ2n) is 3.75. The molecule has 1 rings (SSSR count). The van der Waals surface area contributed by atoms with E-state index in [1.807, 2.05) is 14.0 Å². The predicted octanol–water partition coefficient (Wildman–Crippen LogP) is 4.33. The van der Waals surface area contributed by atoms with Crippen LogP contribution in [0.3, 0.4) is 0 Å². The topological polar surface area (TPSA) is 12.0 Å². The van der Waals surface area contributed by atoms with Gasteiger partial charge < -0.3 is 5.32 Å². The van der Waals surface area contributed by atoms with Gasteiger partial charge in [-0.1, -0.05) is 30.7 Å². The van der Waals surface area contributed by atoms with Crippen LogP contribution in [0, 0.1) is 6.92 Å². The SMILES string of the molecule is C=C(CC)CC(NC)c1scc(C)c1Cl. The predicted molar refractivity (Wildman–Crippen MR) is 69.9 cm³/mol. The van der Waals surface area contributed by atoms with E-state index in [4.69, 9.17) is 11.6 Å². The molecule has 0 aliphatic carbocycles. The lowest BCUT2D eigenvalue weighted by atomic mass is 10.0. The lowest BCUT2D eigenvalue weighted by Gasteiger charge is -2.16. The molecular weight excluding hydrogens is 226 g/mol. The molecule has 0 spiro atoms. The van der Waals surface area contributed by atoms with E-state index in [1.54, 1.807) is 11.3 Å². The van der Waals surface area contributed by atoms with Crippen LogP contribution in [0.1, 0.15) is 36.2 Å². The molecule has 1 N–H and O–H groups in total. The lowest BCUT2D eigenvalue weighted by Crippen LogP contribution is -2.16. The van der Waals surface area contributed by atoms with Crippen LogP contribution in [0.25, 0.3) is 0 Å². The first kappa shape index (κ1) is 12.8. The molecule has 0 amide bonds. The largest absolute Gasteiger partial charge is 0.312 e. The van der Waals surface area contributed by atoms with E-state index in [2.05, 4.69) is 24.2 Å². The van der Waals surface area contributed by atoms with E-state index >= 15 is 0 Å². The third-order valence-electron chi connectivity index (χ3n) is 2.58. The summed E-state index contributed by atoms with van der Waals surface area (Å²) in [5.74, 6) is 0. The number of thiophene rings is 1. The van der Waals surface area contributed by atoms with Gasteiger partial charge in [0.15, 0.2) is 0 Å². The van der Waals surface area contributed by atoms with Gasteiger partial charge in [0.25, 0.3) is 0 Å². The van der Waals surface area contributed by atoms with Crippen LogP contribution in [0.4, 0.5) is 0 Å². The number of hydrogen-bond donors (Lipinski definition) is 1. The van der Waals surface area contributed by atoms with Crippen LogP contribution < -0.4 is 5.32 Å². The van der Waals surface area contributed by atoms with Gasteiger partial charge in [-0.25, -0.2) is 0 Å². The molecule has 15 heavy (non-hydrogen) atoms. The van der Waals surface area contributed by atoms with Gasteiger partial charge in [-0.3, -0.25) is 0 Å². The van der Waals surface area contributed by atoms with Gasteiger partial charge in [0, 0.05) is 10.9 Å². The van der Waals surface area contributed by atoms with Crippen molar-refractivity contribution in [2.75, 3.05) is 7.05 Å². The molecule has 84 valence electrons. The van der Waals surface area contributed by atoms with Gasteiger partial charge in [-0.05, 0) is 37.8 Å². The Morgan fingerprint density at radius 3 is 2.73 bits per heavy atom. The van der Waals surface area contributed by atoms with Crippen LogP contribution in [0.15, 0.2) is 17.5 Å². The van der Waals surface area contributed by atoms with Crippen molar-refractivity contribution in [3.05, 3.63) is 33.0 Å². The molecular formula is C12H18ClNS. The number of rotatable bonds is 5. The van der Waals surface area contributed by atoms with Gasteiger partial charge in [-0.15, -0.1) is 11.3 Å². The third kappa shape index (κ3) is 3.07. The molecule has 1 unspecified atom stereocenters. The highest BCUT2D eigenvalue weighted by molar-refractivity contribution is 7.10. The normalized spacial score (nSPS) is 12.8. The van der Waals surface area contributed by atoms with Crippen LogP contribution >= 0.6 is 22.9 Å². The Bertz CT molecular complexity index is 343. The molecule has 1 nitrogen and oxygen atoms in total. The van der Waals surface area contributed by atoms with E-state index in [0.29, 0.717) is 6.04 Å². The molecule has 0 aliphatic rings. The average Bonchev–Trinajstić information content (AvgIpc) is 2.56. The van der Waals surface area contributed by atoms with E-state index < -0.39 is 0 Å². The van der Waals surface area contributed by atoms with Gasteiger partial charge >= 0.3 is 0 Å². The summed E-state index contributed by atoms with van der Waals surface area (Å²) < 4.78 is 0. The standard InChI is InChI=1S/C12H18ClNS/c1-5-8(2)6-10(14-4)12-11(13)9(3)7-15-12/h7,10,14H,2,5-6H2,1,3-4H3. The summed E-state index contributed by atoms with van der Waals surface area (Å²) in [5.41, 5.74) is 2.43. The molecule has 0 aromatic carbocycles. The van der Waals surface area contributed by atoms with Crippen molar-refractivity contribution in [3.63, 3.8) is 0 Å². The monoisotopic (exact) mass is 243 g/mol. The van der Waals surface area contributed by atoms with Crippen LogP contribution in [0.2, 0.25) is 5.02 Å². The summed E-state index contributed by atoms with van der Waals surface area (Å²) in [5, 5.41) is 6.32. The molecule has 3 heteroatoms. The molecule has 1 aromatic rings. The molecule has 0 saturated carbocycles. The van der Waals surface area contributed by atoms with Crippen molar-refractivity contribution in [2.24, 2.45) is 0 Å². The number of halogens is 1. The number of nitrogens with one attached hydrogen (secondary N) is 1. The van der Waals surface area contributed by atoms with E-state index in [9.17, 15) is 0 Å². The maximum absolute atomic E-state index is 6.25. The highest BCUT2D eigenvalue weighted by Gasteiger charge is 2.16. The van der Waals surface area contributed by atoms with Crippen molar-refractivity contribution in [1.29, 1.82) is 0 Å². The van der Waals surface area contributed by atoms with Crippen LogP contribution in [-0.2, 0) is 0 Å². The Morgan fingerprint density at radius 2 is 2.33 bits per heavy atom. The fourth-order valence-corrected chi connectivity index (χ4v) is 2.88. The smallest absolute Gasteiger partial charge is 0.0590 e. The van der Waals surface area contributed by atoms with Crippen LogP contribution in [0.5, 0.6) is 0 Å². The van der Waals surface area contributed by atoms with Crippen molar-refractivity contribution >= 4 is 22.9 Å². The second-order valence-corrected chi connectivity index (χ2v) is 5.04. The van der Waals surface area contributed by atoms with Gasteiger partial charge in [0.1, 0.15) is 0 Å². The average molecular weight is 244 g/mol. The third-order valence-corrected chi connectivity index (χ3v) is 4.41. The lowest BCUT2D eigenvalue weighted by molar-refractivity contribution is 0.592. The highest BCUT2D eigenvalue weighted by Crippen LogP contribution is 2.35. The summed E-state index contributed by atoms with van der Waals surface area (Å²) in [4.78, 5) is 1.23. The molecule has 1 heterocycles. The Labute approximate surface area is 101 Å². The van der Waals surface area contributed by atoms with Crippen molar-refractivity contribution in [1.82, 2.24) is 5.32 Å². The van der Waals surface area contributed by atoms with E-state index in [-0.39, 0.29) is 0 Å². The first-order chi connectivity index (χ1) is 7.10. The zero-order valence-corrected chi connectivity index (χ0v) is 11.1. The Kier molecular flexibility index (Phi) is 4.84. The first-order valence-corrected chi connectivity index (χ1v) is 6.43. The number of aryl methyl sites for hydroxylation is 1.